The largest absolute Gasteiger partial charge is 0.434 e. The highest BCUT2D eigenvalue weighted by atomic mass is 35.5. The fourth-order valence-corrected chi connectivity index (χ4v) is 2.79. The Kier molecular flexibility index (Phi) is 5.18. The molecule has 1 aliphatic heterocycles. The molecule has 1 aromatic heterocycles. The fourth-order valence-electron chi connectivity index (χ4n) is 2.61. The molecule has 11 heteroatoms. The third kappa shape index (κ3) is 4.32. The molecule has 1 aromatic carbocycles. The lowest BCUT2D eigenvalue weighted by Crippen LogP contribution is -2.30. The smallest absolute Gasteiger partial charge is 0.339 e. The van der Waals surface area contributed by atoms with Gasteiger partial charge in [-0.3, -0.25) is 4.99 Å². The van der Waals surface area contributed by atoms with Gasteiger partial charge in [0.05, 0.1) is 5.57 Å². The molecule has 1 aliphatic rings. The summed E-state index contributed by atoms with van der Waals surface area (Å²) in [4.78, 5) is 8.42. The Bertz CT molecular complexity index is 911. The second kappa shape index (κ2) is 7.16. The Morgan fingerprint density at radius 3 is 2.21 bits per heavy atom. The summed E-state index contributed by atoms with van der Waals surface area (Å²) in [5.74, 6) is 0.121. The van der Waals surface area contributed by atoms with Crippen LogP contribution in [0.4, 0.5) is 26.3 Å². The molecule has 4 nitrogen and oxygen atoms in total. The molecule has 1 unspecified atom stereocenters. The minimum Gasteiger partial charge on any atom is -0.339 e. The van der Waals surface area contributed by atoms with Crippen molar-refractivity contribution in [3.05, 3.63) is 53.5 Å². The number of halogens is 7. The van der Waals surface area contributed by atoms with Gasteiger partial charge in [-0.2, -0.15) is 26.3 Å². The Labute approximate surface area is 160 Å². The van der Waals surface area contributed by atoms with Gasteiger partial charge in [-0.1, -0.05) is 35.9 Å². The van der Waals surface area contributed by atoms with E-state index in [2.05, 4.69) is 9.98 Å². The molecule has 0 bridgehead atoms. The number of benzene rings is 1. The number of rotatable bonds is 3. The second-order valence-electron chi connectivity index (χ2n) is 6.10. The van der Waals surface area contributed by atoms with E-state index in [9.17, 15) is 26.3 Å². The van der Waals surface area contributed by atoms with Gasteiger partial charge in [-0.25, -0.2) is 4.98 Å². The molecule has 2 aromatic rings. The normalized spacial score (nSPS) is 17.8. The van der Waals surface area contributed by atoms with Gasteiger partial charge < -0.3 is 9.47 Å². The van der Waals surface area contributed by atoms with E-state index in [0.29, 0.717) is 17.3 Å². The molecule has 0 saturated carbocycles. The van der Waals surface area contributed by atoms with Crippen LogP contribution in [-0.4, -0.2) is 32.5 Å². The summed E-state index contributed by atoms with van der Waals surface area (Å²) in [5, 5.41) is 0. The highest BCUT2D eigenvalue weighted by Gasteiger charge is 2.36. The summed E-state index contributed by atoms with van der Waals surface area (Å²) < 4.78 is 78.1. The van der Waals surface area contributed by atoms with Crippen molar-refractivity contribution >= 4 is 17.8 Å². The lowest BCUT2D eigenvalue weighted by Gasteiger charge is -2.27. The van der Waals surface area contributed by atoms with Crippen LogP contribution in [0.2, 0.25) is 0 Å². The van der Waals surface area contributed by atoms with Crippen LogP contribution in [-0.2, 0) is 19.8 Å². The van der Waals surface area contributed by atoms with E-state index in [-0.39, 0.29) is 12.4 Å². The summed E-state index contributed by atoms with van der Waals surface area (Å²) in [6.07, 6.45) is -6.65. The van der Waals surface area contributed by atoms with Gasteiger partial charge in [-0.15, -0.1) is 0 Å². The van der Waals surface area contributed by atoms with Crippen LogP contribution in [0.5, 0.6) is 0 Å². The van der Waals surface area contributed by atoms with E-state index in [1.807, 2.05) is 0 Å². The molecule has 0 saturated heterocycles. The first kappa shape index (κ1) is 20.2. The molecule has 0 spiro atoms. The summed E-state index contributed by atoms with van der Waals surface area (Å²) in [6, 6.07) is 6.26. The number of imidazole rings is 1. The molecule has 0 fully saturated rings. The van der Waals surface area contributed by atoms with Gasteiger partial charge in [0, 0.05) is 37.8 Å². The Hall–Kier alpha value is -2.49. The minimum atomic E-state index is -4.55. The molecule has 28 heavy (non-hydrogen) atoms. The van der Waals surface area contributed by atoms with Crippen molar-refractivity contribution < 1.29 is 26.3 Å². The number of aromatic nitrogens is 2. The monoisotopic (exact) mass is 422 g/mol. The predicted octanol–water partition coefficient (Wildman–Crippen LogP) is 4.96. The van der Waals surface area contributed by atoms with Crippen LogP contribution in [0.1, 0.15) is 11.3 Å². The molecule has 0 amide bonds. The Morgan fingerprint density at radius 1 is 1.04 bits per heavy atom. The lowest BCUT2D eigenvalue weighted by atomic mass is 10.1. The van der Waals surface area contributed by atoms with Gasteiger partial charge in [0.15, 0.2) is 11.3 Å². The molecule has 1 atom stereocenters. The fraction of sp³-hybridized carbons (Fsp3) is 0.294. The maximum absolute atomic E-state index is 12.8. The zero-order valence-electron chi connectivity index (χ0n) is 14.3. The quantitative estimate of drug-likeness (QED) is 0.398. The van der Waals surface area contributed by atoms with Gasteiger partial charge in [-0.05, 0) is 5.56 Å². The number of aliphatic imine (C=N–C) groups is 1. The molecule has 0 radical (unpaired) electrons. The number of nitrogens with zero attached hydrogens (tertiary/aromatic N) is 4. The summed E-state index contributed by atoms with van der Waals surface area (Å²) in [5.41, 5.74) is -1.87. The molecule has 3 rings (SSSR count). The lowest BCUT2D eigenvalue weighted by molar-refractivity contribution is -0.140. The van der Waals surface area contributed by atoms with E-state index >= 15 is 0 Å². The van der Waals surface area contributed by atoms with Crippen LogP contribution >= 0.6 is 11.6 Å². The SMILES string of the molecule is Cn1cc(C(F)(F)F)nc1-c1ccc(CN2C=C(C(F)(F)F)C=NC2Cl)cc1. The van der Waals surface area contributed by atoms with Crippen molar-refractivity contribution in [1.82, 2.24) is 14.5 Å². The van der Waals surface area contributed by atoms with Gasteiger partial charge in [0.1, 0.15) is 5.82 Å². The van der Waals surface area contributed by atoms with Gasteiger partial charge >= 0.3 is 12.4 Å². The first-order valence-electron chi connectivity index (χ1n) is 7.87. The number of alkyl halides is 7. The number of hydrogen-bond acceptors (Lipinski definition) is 3. The highest BCUT2D eigenvalue weighted by molar-refractivity contribution is 6.21. The zero-order chi connectivity index (χ0) is 20.7. The molecule has 0 N–H and O–H groups in total. The van der Waals surface area contributed by atoms with Crippen LogP contribution in [0.3, 0.4) is 0 Å². The van der Waals surface area contributed by atoms with Crippen molar-refractivity contribution in [2.24, 2.45) is 12.0 Å². The van der Waals surface area contributed by atoms with Crippen LogP contribution < -0.4 is 0 Å². The third-order valence-corrected chi connectivity index (χ3v) is 4.35. The van der Waals surface area contributed by atoms with Crippen molar-refractivity contribution in [1.29, 1.82) is 0 Å². The van der Waals surface area contributed by atoms with Crippen molar-refractivity contribution in [2.75, 3.05) is 0 Å². The second-order valence-corrected chi connectivity index (χ2v) is 6.49. The number of aryl methyl sites for hydroxylation is 1. The van der Waals surface area contributed by atoms with E-state index in [1.54, 1.807) is 24.3 Å². The topological polar surface area (TPSA) is 33.4 Å². The maximum atomic E-state index is 12.8. The first-order valence-corrected chi connectivity index (χ1v) is 8.30. The van der Waals surface area contributed by atoms with E-state index in [4.69, 9.17) is 11.6 Å². The third-order valence-electron chi connectivity index (χ3n) is 3.99. The highest BCUT2D eigenvalue weighted by Crippen LogP contribution is 2.31. The van der Waals surface area contributed by atoms with Crippen LogP contribution in [0.25, 0.3) is 11.4 Å². The average molecular weight is 423 g/mol. The molecule has 2 heterocycles. The van der Waals surface area contributed by atoms with Crippen LogP contribution in [0.15, 0.2) is 47.2 Å². The van der Waals surface area contributed by atoms with Crippen molar-refractivity contribution in [3.63, 3.8) is 0 Å². The van der Waals surface area contributed by atoms with E-state index in [1.165, 1.54) is 16.5 Å². The predicted molar refractivity (Wildman–Crippen MR) is 91.5 cm³/mol. The number of allylic oxidation sites excluding steroid dienone is 1. The van der Waals surface area contributed by atoms with E-state index < -0.39 is 29.2 Å². The number of hydrogen-bond donors (Lipinski definition) is 0. The van der Waals surface area contributed by atoms with E-state index in [0.717, 1.165) is 12.4 Å². The van der Waals surface area contributed by atoms with Crippen molar-refractivity contribution in [2.45, 2.75) is 24.5 Å². The Morgan fingerprint density at radius 2 is 1.68 bits per heavy atom. The van der Waals surface area contributed by atoms with Gasteiger partial charge in [0.25, 0.3) is 0 Å². The van der Waals surface area contributed by atoms with Crippen molar-refractivity contribution in [3.8, 4) is 11.4 Å². The molecule has 0 aliphatic carbocycles. The summed E-state index contributed by atoms with van der Waals surface area (Å²) in [6.45, 7) is 0.0414. The minimum absolute atomic E-state index is 0.0414. The maximum Gasteiger partial charge on any atom is 0.434 e. The first-order chi connectivity index (χ1) is 12.9. The summed E-state index contributed by atoms with van der Waals surface area (Å²) in [7, 11) is 1.44. The molecular weight excluding hydrogens is 410 g/mol. The van der Waals surface area contributed by atoms with Gasteiger partial charge in [0.2, 0.25) is 0 Å². The average Bonchev–Trinajstić information content (AvgIpc) is 2.99. The summed E-state index contributed by atoms with van der Waals surface area (Å²) >= 11 is 5.94. The molecule has 150 valence electrons. The Balaban J connectivity index is 1.79. The molecular formula is C17H13ClF6N4. The zero-order valence-corrected chi connectivity index (χ0v) is 15.0. The standard InChI is InChI=1S/C17H13ClF6N4/c1-27-9-13(17(22,23)24)26-14(27)11-4-2-10(3-5-11)7-28-8-12(16(19,20)21)6-25-15(28)18/h2-6,8-9,15H,7H2,1H3. The van der Waals surface area contributed by atoms with Crippen LogP contribution in [0, 0.1) is 0 Å².